The summed E-state index contributed by atoms with van der Waals surface area (Å²) >= 11 is 0. The Bertz CT molecular complexity index is 776. The molecule has 0 unspecified atom stereocenters. The third kappa shape index (κ3) is 3.88. The predicted octanol–water partition coefficient (Wildman–Crippen LogP) is 1.47. The normalized spacial score (nSPS) is 15.8. The second-order valence-electron chi connectivity index (χ2n) is 5.33. The van der Waals surface area contributed by atoms with Crippen LogP contribution in [0.25, 0.3) is 11.0 Å². The lowest BCUT2D eigenvalue weighted by molar-refractivity contribution is -0.192. The Morgan fingerprint density at radius 2 is 1.88 bits per heavy atom. The number of rotatable bonds is 1. The molecule has 2 aromatic rings. The number of hydrogen-bond donors (Lipinski definition) is 4. The van der Waals surface area contributed by atoms with Gasteiger partial charge >= 0.3 is 17.8 Å². The Morgan fingerprint density at radius 3 is 2.42 bits per heavy atom. The number of benzene rings is 1. The molecule has 0 bridgehead atoms. The monoisotopic (exact) mass is 346 g/mol. The van der Waals surface area contributed by atoms with Crippen molar-refractivity contribution in [2.45, 2.75) is 25.1 Å². The summed E-state index contributed by atoms with van der Waals surface area (Å²) < 4.78 is 33.6. The van der Waals surface area contributed by atoms with E-state index in [1.807, 2.05) is 22.8 Å². The molecule has 2 heterocycles. The molecule has 1 aliphatic rings. The number of carbonyl (C=O) groups is 1. The summed E-state index contributed by atoms with van der Waals surface area (Å²) in [6.45, 7) is 1.93. The number of fused-ring (bicyclic) bond motifs is 1. The van der Waals surface area contributed by atoms with Gasteiger partial charge in [-0.2, -0.15) is 13.2 Å². The van der Waals surface area contributed by atoms with Crippen molar-refractivity contribution in [2.75, 3.05) is 18.8 Å². The molecule has 5 N–H and O–H groups in total. The number of aliphatic carboxylic acids is 1. The van der Waals surface area contributed by atoms with Crippen LogP contribution in [0.1, 0.15) is 18.9 Å². The SMILES string of the molecule is Nc1cccc2c1[nH]c(=O)n2C1CCNCC1.O=C(O)C(F)(F)F. The average molecular weight is 346 g/mol. The fourth-order valence-corrected chi connectivity index (χ4v) is 2.60. The number of carboxylic acids is 1. The molecule has 7 nitrogen and oxygen atoms in total. The van der Waals surface area contributed by atoms with Crippen molar-refractivity contribution >= 4 is 22.7 Å². The van der Waals surface area contributed by atoms with Gasteiger partial charge in [-0.25, -0.2) is 9.59 Å². The van der Waals surface area contributed by atoms with Gasteiger partial charge in [0.25, 0.3) is 0 Å². The van der Waals surface area contributed by atoms with E-state index in [-0.39, 0.29) is 11.7 Å². The standard InChI is InChI=1S/C12H16N4O.C2HF3O2/c13-9-2-1-3-10-11(9)15-12(17)16(10)8-4-6-14-7-5-8;3-2(4,5)1(6)7/h1-3,8,14H,4-7,13H2,(H,15,17);(H,6,7). The first-order valence-corrected chi connectivity index (χ1v) is 7.21. The van der Waals surface area contributed by atoms with Crippen molar-refractivity contribution in [3.63, 3.8) is 0 Å². The molecule has 0 saturated carbocycles. The number of para-hydroxylation sites is 1. The fourth-order valence-electron chi connectivity index (χ4n) is 2.60. The van der Waals surface area contributed by atoms with E-state index in [1.54, 1.807) is 0 Å². The highest BCUT2D eigenvalue weighted by atomic mass is 19.4. The number of nitrogens with zero attached hydrogens (tertiary/aromatic N) is 1. The molecule has 1 aromatic heterocycles. The summed E-state index contributed by atoms with van der Waals surface area (Å²) in [6.07, 6.45) is -3.11. The van der Waals surface area contributed by atoms with Crippen LogP contribution in [-0.2, 0) is 4.79 Å². The van der Waals surface area contributed by atoms with Gasteiger partial charge in [-0.3, -0.25) is 4.57 Å². The van der Waals surface area contributed by atoms with Gasteiger partial charge in [0.15, 0.2) is 0 Å². The zero-order chi connectivity index (χ0) is 17.9. The molecule has 3 rings (SSSR count). The summed E-state index contributed by atoms with van der Waals surface area (Å²) in [4.78, 5) is 23.8. The van der Waals surface area contributed by atoms with Crippen LogP contribution in [0, 0.1) is 0 Å². The van der Waals surface area contributed by atoms with E-state index in [0.717, 1.165) is 37.0 Å². The quantitative estimate of drug-likeness (QED) is 0.584. The lowest BCUT2D eigenvalue weighted by Gasteiger charge is -2.23. The van der Waals surface area contributed by atoms with E-state index >= 15 is 0 Å². The minimum atomic E-state index is -5.08. The number of nitrogen functional groups attached to an aromatic ring is 1. The summed E-state index contributed by atoms with van der Waals surface area (Å²) in [6, 6.07) is 5.93. The first kappa shape index (κ1) is 17.9. The Hall–Kier alpha value is -2.49. The molecule has 132 valence electrons. The number of H-pyrrole nitrogens is 1. The first-order chi connectivity index (χ1) is 11.2. The molecule has 10 heteroatoms. The molecule has 1 aromatic carbocycles. The molecule has 0 amide bonds. The fraction of sp³-hybridized carbons (Fsp3) is 0.429. The third-order valence-corrected chi connectivity index (χ3v) is 3.70. The van der Waals surface area contributed by atoms with Gasteiger partial charge in [-0.1, -0.05) is 6.07 Å². The average Bonchev–Trinajstić information content (AvgIpc) is 2.85. The number of halogens is 3. The van der Waals surface area contributed by atoms with E-state index in [2.05, 4.69) is 10.3 Å². The van der Waals surface area contributed by atoms with Crippen LogP contribution in [-0.4, -0.2) is 39.9 Å². The molecule has 1 saturated heterocycles. The van der Waals surface area contributed by atoms with Crippen LogP contribution in [0.3, 0.4) is 0 Å². The Kier molecular flexibility index (Phi) is 5.17. The second-order valence-corrected chi connectivity index (χ2v) is 5.33. The molecule has 0 atom stereocenters. The maximum atomic E-state index is 12.0. The van der Waals surface area contributed by atoms with Crippen molar-refractivity contribution < 1.29 is 23.1 Å². The van der Waals surface area contributed by atoms with Crippen molar-refractivity contribution in [3.8, 4) is 0 Å². The molecular weight excluding hydrogens is 329 g/mol. The van der Waals surface area contributed by atoms with E-state index in [1.165, 1.54) is 0 Å². The van der Waals surface area contributed by atoms with Crippen LogP contribution >= 0.6 is 0 Å². The molecule has 0 spiro atoms. The van der Waals surface area contributed by atoms with Gasteiger partial charge in [0.05, 0.1) is 16.7 Å². The van der Waals surface area contributed by atoms with Crippen LogP contribution in [0.2, 0.25) is 0 Å². The first-order valence-electron chi connectivity index (χ1n) is 7.21. The topological polar surface area (TPSA) is 113 Å². The van der Waals surface area contributed by atoms with Crippen LogP contribution in [0.15, 0.2) is 23.0 Å². The summed E-state index contributed by atoms with van der Waals surface area (Å²) in [5, 5.41) is 10.4. The Morgan fingerprint density at radius 1 is 1.29 bits per heavy atom. The number of alkyl halides is 3. The highest BCUT2D eigenvalue weighted by Gasteiger charge is 2.38. The van der Waals surface area contributed by atoms with Gasteiger partial charge in [-0.05, 0) is 38.1 Å². The van der Waals surface area contributed by atoms with Gasteiger partial charge in [0.2, 0.25) is 0 Å². The van der Waals surface area contributed by atoms with Crippen LogP contribution in [0.4, 0.5) is 18.9 Å². The Balaban J connectivity index is 0.000000256. The number of aromatic amines is 1. The van der Waals surface area contributed by atoms with Crippen LogP contribution < -0.4 is 16.7 Å². The number of hydrogen-bond acceptors (Lipinski definition) is 4. The third-order valence-electron chi connectivity index (χ3n) is 3.70. The second kappa shape index (κ2) is 6.95. The predicted molar refractivity (Wildman–Crippen MR) is 81.8 cm³/mol. The highest BCUT2D eigenvalue weighted by molar-refractivity contribution is 5.87. The summed E-state index contributed by atoms with van der Waals surface area (Å²) in [7, 11) is 0. The largest absolute Gasteiger partial charge is 0.490 e. The summed E-state index contributed by atoms with van der Waals surface area (Å²) in [5.41, 5.74) is 8.13. The number of nitrogens with one attached hydrogen (secondary N) is 2. The van der Waals surface area contributed by atoms with Gasteiger partial charge in [0, 0.05) is 6.04 Å². The molecule has 0 radical (unpaired) electrons. The number of carboxylic acid groups (broad SMARTS) is 1. The zero-order valence-corrected chi connectivity index (χ0v) is 12.6. The van der Waals surface area contributed by atoms with Gasteiger partial charge in [0.1, 0.15) is 0 Å². The lowest BCUT2D eigenvalue weighted by Crippen LogP contribution is -2.33. The molecule has 24 heavy (non-hydrogen) atoms. The van der Waals surface area contributed by atoms with E-state index in [9.17, 15) is 18.0 Å². The van der Waals surface area contributed by atoms with Crippen LogP contribution in [0.5, 0.6) is 0 Å². The van der Waals surface area contributed by atoms with Crippen molar-refractivity contribution in [1.29, 1.82) is 0 Å². The van der Waals surface area contributed by atoms with Crippen molar-refractivity contribution in [3.05, 3.63) is 28.7 Å². The molecule has 0 aliphatic carbocycles. The van der Waals surface area contributed by atoms with E-state index in [4.69, 9.17) is 15.6 Å². The van der Waals surface area contributed by atoms with Crippen molar-refractivity contribution in [2.24, 2.45) is 0 Å². The number of imidazole rings is 1. The van der Waals surface area contributed by atoms with Gasteiger partial charge in [-0.15, -0.1) is 0 Å². The minimum Gasteiger partial charge on any atom is -0.475 e. The number of nitrogens with two attached hydrogens (primary N) is 1. The van der Waals surface area contributed by atoms with Crippen molar-refractivity contribution in [1.82, 2.24) is 14.9 Å². The maximum Gasteiger partial charge on any atom is 0.490 e. The number of piperidine rings is 1. The smallest absolute Gasteiger partial charge is 0.475 e. The lowest BCUT2D eigenvalue weighted by atomic mass is 10.1. The molecular formula is C14H17F3N4O3. The van der Waals surface area contributed by atoms with Gasteiger partial charge < -0.3 is 21.1 Å². The zero-order valence-electron chi connectivity index (χ0n) is 12.6. The number of anilines is 1. The minimum absolute atomic E-state index is 0.0511. The van der Waals surface area contributed by atoms with E-state index < -0.39 is 12.1 Å². The maximum absolute atomic E-state index is 12.0. The highest BCUT2D eigenvalue weighted by Crippen LogP contribution is 2.24. The summed E-state index contributed by atoms with van der Waals surface area (Å²) in [5.74, 6) is -2.76. The Labute approximate surface area is 134 Å². The molecule has 1 aliphatic heterocycles. The van der Waals surface area contributed by atoms with E-state index in [0.29, 0.717) is 5.69 Å². The molecule has 1 fully saturated rings. The number of aromatic nitrogens is 2.